The second kappa shape index (κ2) is 11.0. The number of benzene rings is 1. The van der Waals surface area contributed by atoms with E-state index in [1.807, 2.05) is 0 Å². The van der Waals surface area contributed by atoms with Gasteiger partial charge in [0.25, 0.3) is 11.8 Å². The molecule has 1 aliphatic carbocycles. The van der Waals surface area contributed by atoms with Crippen molar-refractivity contribution in [2.75, 3.05) is 19.7 Å². The molecule has 0 radical (unpaired) electrons. The first-order chi connectivity index (χ1) is 14.9. The molecule has 9 nitrogen and oxygen atoms in total. The SMILES string of the molecule is NC(=O)COc1ccc(C(=O)N[C@@H]2CN(C(=O)NC3CCCCC3)CCC[C@H]2O)cc1. The molecular weight excluding hydrogens is 400 g/mol. The number of aliphatic hydroxyl groups is 1. The van der Waals surface area contributed by atoms with Crippen LogP contribution < -0.4 is 21.1 Å². The maximum absolute atomic E-state index is 12.7. The number of ether oxygens (including phenoxy) is 1. The largest absolute Gasteiger partial charge is 0.484 e. The number of hydrogen-bond acceptors (Lipinski definition) is 5. The van der Waals surface area contributed by atoms with Crippen molar-refractivity contribution in [3.05, 3.63) is 29.8 Å². The van der Waals surface area contributed by atoms with Crippen LogP contribution >= 0.6 is 0 Å². The van der Waals surface area contributed by atoms with E-state index in [1.165, 1.54) is 6.42 Å². The topological polar surface area (TPSA) is 134 Å². The highest BCUT2D eigenvalue weighted by molar-refractivity contribution is 5.94. The molecule has 1 saturated heterocycles. The summed E-state index contributed by atoms with van der Waals surface area (Å²) >= 11 is 0. The lowest BCUT2D eigenvalue weighted by atomic mass is 9.96. The van der Waals surface area contributed by atoms with Crippen molar-refractivity contribution in [1.29, 1.82) is 0 Å². The molecule has 0 spiro atoms. The predicted octanol–water partition coefficient (Wildman–Crippen LogP) is 1.15. The fraction of sp³-hybridized carbons (Fsp3) is 0.591. The Bertz CT molecular complexity index is 764. The molecule has 1 aromatic rings. The summed E-state index contributed by atoms with van der Waals surface area (Å²) in [4.78, 5) is 37.9. The number of amides is 4. The van der Waals surface area contributed by atoms with E-state index in [4.69, 9.17) is 10.5 Å². The number of aliphatic hydroxyl groups excluding tert-OH is 1. The highest BCUT2D eigenvalue weighted by atomic mass is 16.5. The molecule has 9 heteroatoms. The zero-order chi connectivity index (χ0) is 22.2. The molecule has 3 rings (SSSR count). The number of carbonyl (C=O) groups excluding carboxylic acids is 3. The Morgan fingerprint density at radius 2 is 1.74 bits per heavy atom. The first kappa shape index (κ1) is 22.9. The second-order valence-electron chi connectivity index (χ2n) is 8.30. The molecule has 2 fully saturated rings. The third-order valence-electron chi connectivity index (χ3n) is 5.84. The van der Waals surface area contributed by atoms with Crippen LogP contribution in [0.5, 0.6) is 5.75 Å². The number of nitrogens with two attached hydrogens (primary N) is 1. The zero-order valence-electron chi connectivity index (χ0n) is 17.7. The Labute approximate surface area is 182 Å². The van der Waals surface area contributed by atoms with E-state index in [2.05, 4.69) is 10.6 Å². The molecule has 1 aromatic carbocycles. The smallest absolute Gasteiger partial charge is 0.317 e. The molecule has 0 bridgehead atoms. The van der Waals surface area contributed by atoms with Crippen LogP contribution in [-0.2, 0) is 4.79 Å². The second-order valence-corrected chi connectivity index (χ2v) is 8.30. The van der Waals surface area contributed by atoms with Gasteiger partial charge in [0.1, 0.15) is 5.75 Å². The average Bonchev–Trinajstić information content (AvgIpc) is 2.95. The molecule has 5 N–H and O–H groups in total. The summed E-state index contributed by atoms with van der Waals surface area (Å²) in [6.45, 7) is 0.567. The number of hydrogen-bond donors (Lipinski definition) is 4. The maximum atomic E-state index is 12.7. The summed E-state index contributed by atoms with van der Waals surface area (Å²) in [5.41, 5.74) is 5.44. The van der Waals surface area contributed by atoms with Crippen molar-refractivity contribution in [1.82, 2.24) is 15.5 Å². The number of carbonyl (C=O) groups is 3. The van der Waals surface area contributed by atoms with Crippen molar-refractivity contribution in [2.45, 2.75) is 63.1 Å². The molecule has 1 saturated carbocycles. The van der Waals surface area contributed by atoms with Crippen LogP contribution in [-0.4, -0.2) is 65.7 Å². The number of rotatable bonds is 6. The van der Waals surface area contributed by atoms with Gasteiger partial charge in [0.2, 0.25) is 0 Å². The van der Waals surface area contributed by atoms with Gasteiger partial charge in [0, 0.05) is 24.7 Å². The van der Waals surface area contributed by atoms with E-state index in [-0.39, 0.29) is 31.1 Å². The van der Waals surface area contributed by atoms with E-state index in [0.717, 1.165) is 25.7 Å². The minimum atomic E-state index is -0.727. The Morgan fingerprint density at radius 1 is 1.03 bits per heavy atom. The van der Waals surface area contributed by atoms with E-state index in [1.54, 1.807) is 29.2 Å². The third-order valence-corrected chi connectivity index (χ3v) is 5.84. The fourth-order valence-electron chi connectivity index (χ4n) is 4.09. The fourth-order valence-corrected chi connectivity index (χ4v) is 4.09. The van der Waals surface area contributed by atoms with Crippen molar-refractivity contribution in [3.63, 3.8) is 0 Å². The molecular formula is C22H32N4O5. The lowest BCUT2D eigenvalue weighted by Crippen LogP contribution is -2.53. The van der Waals surface area contributed by atoms with Crippen LogP contribution in [0.15, 0.2) is 24.3 Å². The standard InChI is InChI=1S/C22H32N4O5/c23-20(28)14-31-17-10-8-15(9-11-17)21(29)25-18-13-26(12-4-7-19(18)27)22(30)24-16-5-2-1-3-6-16/h8-11,16,18-19,27H,1-7,12-14H2,(H2,23,28)(H,24,30)(H,25,29)/t18-,19-/m1/s1. The molecule has 2 atom stereocenters. The maximum Gasteiger partial charge on any atom is 0.317 e. The summed E-state index contributed by atoms with van der Waals surface area (Å²) in [5, 5.41) is 16.5. The first-order valence-electron chi connectivity index (χ1n) is 11.0. The zero-order valence-corrected chi connectivity index (χ0v) is 17.7. The number of nitrogens with zero attached hydrogens (tertiary/aromatic N) is 1. The highest BCUT2D eigenvalue weighted by Gasteiger charge is 2.30. The number of nitrogens with one attached hydrogen (secondary N) is 2. The third kappa shape index (κ3) is 6.85. The Morgan fingerprint density at radius 3 is 2.42 bits per heavy atom. The van der Waals surface area contributed by atoms with Gasteiger partial charge in [-0.2, -0.15) is 0 Å². The summed E-state index contributed by atoms with van der Waals surface area (Å²) in [5.74, 6) is -0.503. The molecule has 2 aliphatic rings. The molecule has 1 aliphatic heterocycles. The van der Waals surface area contributed by atoms with Gasteiger partial charge in [0.05, 0.1) is 12.1 Å². The normalized spacial score (nSPS) is 22.3. The van der Waals surface area contributed by atoms with Gasteiger partial charge in [-0.05, 0) is 49.9 Å². The van der Waals surface area contributed by atoms with Crippen LogP contribution in [0, 0.1) is 0 Å². The van der Waals surface area contributed by atoms with Crippen LogP contribution in [0.4, 0.5) is 4.79 Å². The lowest BCUT2D eigenvalue weighted by molar-refractivity contribution is -0.119. The molecule has 4 amide bonds. The number of primary amides is 1. The van der Waals surface area contributed by atoms with Gasteiger partial charge in [-0.1, -0.05) is 19.3 Å². The van der Waals surface area contributed by atoms with Gasteiger partial charge >= 0.3 is 6.03 Å². The summed E-state index contributed by atoms with van der Waals surface area (Å²) in [6.07, 6.45) is 5.95. The monoisotopic (exact) mass is 432 g/mol. The molecule has 0 unspecified atom stereocenters. The van der Waals surface area contributed by atoms with Crippen molar-refractivity contribution in [3.8, 4) is 5.75 Å². The highest BCUT2D eigenvalue weighted by Crippen LogP contribution is 2.19. The van der Waals surface area contributed by atoms with Crippen LogP contribution in [0.3, 0.4) is 0 Å². The summed E-state index contributed by atoms with van der Waals surface area (Å²) < 4.78 is 5.19. The number of likely N-dealkylation sites (tertiary alicyclic amines) is 1. The minimum absolute atomic E-state index is 0.129. The molecule has 0 aromatic heterocycles. The van der Waals surface area contributed by atoms with Crippen molar-refractivity contribution in [2.24, 2.45) is 5.73 Å². The summed E-state index contributed by atoms with van der Waals surface area (Å²) in [6, 6.07) is 5.81. The average molecular weight is 433 g/mol. The minimum Gasteiger partial charge on any atom is -0.484 e. The van der Waals surface area contributed by atoms with Gasteiger partial charge < -0.3 is 31.1 Å². The van der Waals surface area contributed by atoms with E-state index in [9.17, 15) is 19.5 Å². The van der Waals surface area contributed by atoms with Gasteiger partial charge in [-0.3, -0.25) is 9.59 Å². The Balaban J connectivity index is 1.57. The quantitative estimate of drug-likeness (QED) is 0.535. The predicted molar refractivity (Wildman–Crippen MR) is 115 cm³/mol. The first-order valence-corrected chi connectivity index (χ1v) is 11.0. The van der Waals surface area contributed by atoms with E-state index in [0.29, 0.717) is 30.7 Å². The Hall–Kier alpha value is -2.81. The van der Waals surface area contributed by atoms with Crippen molar-refractivity contribution >= 4 is 17.8 Å². The lowest BCUT2D eigenvalue weighted by Gasteiger charge is -2.30. The van der Waals surface area contributed by atoms with E-state index < -0.39 is 18.1 Å². The van der Waals surface area contributed by atoms with Crippen LogP contribution in [0.2, 0.25) is 0 Å². The van der Waals surface area contributed by atoms with Crippen LogP contribution in [0.1, 0.15) is 55.3 Å². The number of urea groups is 1. The van der Waals surface area contributed by atoms with Crippen LogP contribution in [0.25, 0.3) is 0 Å². The molecule has 170 valence electrons. The van der Waals surface area contributed by atoms with Crippen molar-refractivity contribution < 1.29 is 24.2 Å². The summed E-state index contributed by atoms with van der Waals surface area (Å²) in [7, 11) is 0. The Kier molecular flexibility index (Phi) is 8.11. The van der Waals surface area contributed by atoms with E-state index >= 15 is 0 Å². The molecule has 1 heterocycles. The molecule has 31 heavy (non-hydrogen) atoms. The van der Waals surface area contributed by atoms with Gasteiger partial charge in [0.15, 0.2) is 6.61 Å². The van der Waals surface area contributed by atoms with Gasteiger partial charge in [-0.15, -0.1) is 0 Å². The van der Waals surface area contributed by atoms with Gasteiger partial charge in [-0.25, -0.2) is 4.79 Å².